The third-order valence-corrected chi connectivity index (χ3v) is 2.92. The van der Waals surface area contributed by atoms with Crippen molar-refractivity contribution in [2.45, 2.75) is 39.3 Å². The number of carbonyl (C=O) groups excluding carboxylic acids is 2. The molecule has 0 aromatic carbocycles. The molecule has 3 unspecified atom stereocenters. The molecule has 0 aliphatic rings. The second-order valence-electron chi connectivity index (χ2n) is 4.43. The summed E-state index contributed by atoms with van der Waals surface area (Å²) in [5, 5.41) is 5.26. The summed E-state index contributed by atoms with van der Waals surface area (Å²) in [6, 6.07) is -1.17. The lowest BCUT2D eigenvalue weighted by molar-refractivity contribution is -0.129. The number of ether oxygens (including phenoxy) is 1. The van der Waals surface area contributed by atoms with Crippen LogP contribution in [-0.2, 0) is 14.3 Å². The molecule has 0 fully saturated rings. The van der Waals surface area contributed by atoms with Crippen molar-refractivity contribution in [2.75, 3.05) is 20.3 Å². The van der Waals surface area contributed by atoms with Crippen LogP contribution < -0.4 is 16.4 Å². The van der Waals surface area contributed by atoms with Gasteiger partial charge in [-0.15, -0.1) is 0 Å². The molecule has 0 spiro atoms. The van der Waals surface area contributed by atoms with Crippen LogP contribution in [0.3, 0.4) is 0 Å². The SMILES string of the molecule is CCC(C)C(N)C(=O)NC(C)C(=O)NCCOC. The predicted molar refractivity (Wildman–Crippen MR) is 69.9 cm³/mol. The maximum atomic E-state index is 11.7. The lowest BCUT2D eigenvalue weighted by Gasteiger charge is -2.20. The zero-order valence-corrected chi connectivity index (χ0v) is 11.7. The van der Waals surface area contributed by atoms with E-state index < -0.39 is 12.1 Å². The smallest absolute Gasteiger partial charge is 0.242 e. The van der Waals surface area contributed by atoms with E-state index in [0.717, 1.165) is 6.42 Å². The second-order valence-corrected chi connectivity index (χ2v) is 4.43. The van der Waals surface area contributed by atoms with Crippen molar-refractivity contribution in [3.05, 3.63) is 0 Å². The highest BCUT2D eigenvalue weighted by molar-refractivity contribution is 5.89. The van der Waals surface area contributed by atoms with Gasteiger partial charge in [0.1, 0.15) is 6.04 Å². The molecule has 0 saturated heterocycles. The lowest BCUT2D eigenvalue weighted by atomic mass is 9.99. The Hall–Kier alpha value is -1.14. The van der Waals surface area contributed by atoms with E-state index in [4.69, 9.17) is 10.5 Å². The molecule has 0 rings (SSSR count). The van der Waals surface area contributed by atoms with Gasteiger partial charge in [0.15, 0.2) is 0 Å². The average molecular weight is 259 g/mol. The lowest BCUT2D eigenvalue weighted by Crippen LogP contribution is -2.52. The summed E-state index contributed by atoms with van der Waals surface area (Å²) in [5.41, 5.74) is 5.78. The number of rotatable bonds is 8. The molecule has 0 bridgehead atoms. The molecule has 0 heterocycles. The zero-order chi connectivity index (χ0) is 14.1. The predicted octanol–water partition coefficient (Wildman–Crippen LogP) is -0.373. The minimum Gasteiger partial charge on any atom is -0.383 e. The topological polar surface area (TPSA) is 93.5 Å². The van der Waals surface area contributed by atoms with Crippen molar-refractivity contribution in [3.63, 3.8) is 0 Å². The van der Waals surface area contributed by atoms with E-state index in [1.807, 2.05) is 13.8 Å². The van der Waals surface area contributed by atoms with Crippen molar-refractivity contribution < 1.29 is 14.3 Å². The van der Waals surface area contributed by atoms with Crippen molar-refractivity contribution in [3.8, 4) is 0 Å². The Labute approximate surface area is 109 Å². The van der Waals surface area contributed by atoms with Crippen molar-refractivity contribution in [1.82, 2.24) is 10.6 Å². The normalized spacial score (nSPS) is 15.6. The van der Waals surface area contributed by atoms with Crippen LogP contribution in [0.15, 0.2) is 0 Å². The van der Waals surface area contributed by atoms with Gasteiger partial charge in [-0.1, -0.05) is 20.3 Å². The molecule has 2 amide bonds. The Morgan fingerprint density at radius 3 is 2.39 bits per heavy atom. The standard InChI is InChI=1S/C12H25N3O3/c1-5-8(2)10(13)12(17)15-9(3)11(16)14-6-7-18-4/h8-10H,5-7,13H2,1-4H3,(H,14,16)(H,15,17). The summed E-state index contributed by atoms with van der Waals surface area (Å²) in [4.78, 5) is 23.3. The minimum atomic E-state index is -0.593. The number of carbonyl (C=O) groups is 2. The van der Waals surface area contributed by atoms with Crippen LogP contribution in [0.5, 0.6) is 0 Å². The van der Waals surface area contributed by atoms with Gasteiger partial charge in [-0.2, -0.15) is 0 Å². The van der Waals surface area contributed by atoms with Crippen LogP contribution >= 0.6 is 0 Å². The first-order valence-electron chi connectivity index (χ1n) is 6.26. The fraction of sp³-hybridized carbons (Fsp3) is 0.833. The first-order valence-corrected chi connectivity index (χ1v) is 6.26. The molecule has 3 atom stereocenters. The maximum absolute atomic E-state index is 11.7. The van der Waals surface area contributed by atoms with E-state index >= 15 is 0 Å². The molecule has 0 aromatic rings. The minimum absolute atomic E-state index is 0.0914. The summed E-state index contributed by atoms with van der Waals surface area (Å²) < 4.78 is 4.82. The highest BCUT2D eigenvalue weighted by atomic mass is 16.5. The summed E-state index contributed by atoms with van der Waals surface area (Å²) in [6.07, 6.45) is 0.822. The van der Waals surface area contributed by atoms with Crippen LogP contribution in [0.2, 0.25) is 0 Å². The molecule has 6 heteroatoms. The number of hydrogen-bond donors (Lipinski definition) is 3. The van der Waals surface area contributed by atoms with Crippen molar-refractivity contribution in [2.24, 2.45) is 11.7 Å². The van der Waals surface area contributed by atoms with Crippen LogP contribution in [0.25, 0.3) is 0 Å². The number of hydrogen-bond acceptors (Lipinski definition) is 4. The summed E-state index contributed by atoms with van der Waals surface area (Å²) >= 11 is 0. The van der Waals surface area contributed by atoms with Gasteiger partial charge in [0.05, 0.1) is 12.6 Å². The van der Waals surface area contributed by atoms with Gasteiger partial charge in [-0.25, -0.2) is 0 Å². The molecule has 0 aromatic heterocycles. The van der Waals surface area contributed by atoms with Crippen molar-refractivity contribution in [1.29, 1.82) is 0 Å². The molecule has 0 aliphatic carbocycles. The van der Waals surface area contributed by atoms with Gasteiger partial charge in [0, 0.05) is 13.7 Å². The van der Waals surface area contributed by atoms with Crippen molar-refractivity contribution >= 4 is 11.8 Å². The van der Waals surface area contributed by atoms with Gasteiger partial charge in [0.25, 0.3) is 0 Å². The molecular formula is C12H25N3O3. The van der Waals surface area contributed by atoms with Crippen LogP contribution in [0.4, 0.5) is 0 Å². The molecule has 0 radical (unpaired) electrons. The monoisotopic (exact) mass is 259 g/mol. The highest BCUT2D eigenvalue weighted by Crippen LogP contribution is 2.05. The third kappa shape index (κ3) is 5.97. The number of methoxy groups -OCH3 is 1. The van der Waals surface area contributed by atoms with Crippen LogP contribution in [0.1, 0.15) is 27.2 Å². The van der Waals surface area contributed by atoms with E-state index in [1.165, 1.54) is 0 Å². The third-order valence-electron chi connectivity index (χ3n) is 2.92. The molecule has 0 aliphatic heterocycles. The largest absolute Gasteiger partial charge is 0.383 e. The van der Waals surface area contributed by atoms with Gasteiger partial charge in [0.2, 0.25) is 11.8 Å². The Kier molecular flexibility index (Phi) is 8.32. The Bertz CT molecular complexity index is 271. The summed E-state index contributed by atoms with van der Waals surface area (Å²) in [6.45, 7) is 6.38. The average Bonchev–Trinajstić information content (AvgIpc) is 2.36. The molecular weight excluding hydrogens is 234 g/mol. The fourth-order valence-electron chi connectivity index (χ4n) is 1.32. The summed E-state index contributed by atoms with van der Waals surface area (Å²) in [7, 11) is 1.56. The number of amides is 2. The maximum Gasteiger partial charge on any atom is 0.242 e. The molecule has 18 heavy (non-hydrogen) atoms. The first-order chi connectivity index (χ1) is 8.43. The second kappa shape index (κ2) is 8.88. The zero-order valence-electron chi connectivity index (χ0n) is 11.7. The molecule has 6 nitrogen and oxygen atoms in total. The molecule has 106 valence electrons. The van der Waals surface area contributed by atoms with Gasteiger partial charge < -0.3 is 21.1 Å². The molecule has 0 saturated carbocycles. The van der Waals surface area contributed by atoms with Gasteiger partial charge in [-0.05, 0) is 12.8 Å². The number of nitrogens with one attached hydrogen (secondary N) is 2. The van der Waals surface area contributed by atoms with E-state index in [-0.39, 0.29) is 17.7 Å². The van der Waals surface area contributed by atoms with E-state index in [2.05, 4.69) is 10.6 Å². The quantitative estimate of drug-likeness (QED) is 0.518. The summed E-state index contributed by atoms with van der Waals surface area (Å²) in [5.74, 6) is -0.441. The van der Waals surface area contributed by atoms with Crippen LogP contribution in [-0.4, -0.2) is 44.2 Å². The van der Waals surface area contributed by atoms with Crippen LogP contribution in [0, 0.1) is 5.92 Å². The molecule has 4 N–H and O–H groups in total. The van der Waals surface area contributed by atoms with E-state index in [1.54, 1.807) is 14.0 Å². The number of nitrogens with two attached hydrogens (primary N) is 1. The van der Waals surface area contributed by atoms with Gasteiger partial charge >= 0.3 is 0 Å². The Balaban J connectivity index is 4.09. The van der Waals surface area contributed by atoms with E-state index in [9.17, 15) is 9.59 Å². The Morgan fingerprint density at radius 1 is 1.28 bits per heavy atom. The fourth-order valence-corrected chi connectivity index (χ4v) is 1.32. The van der Waals surface area contributed by atoms with E-state index in [0.29, 0.717) is 13.2 Å². The Morgan fingerprint density at radius 2 is 1.89 bits per heavy atom. The van der Waals surface area contributed by atoms with Gasteiger partial charge in [-0.3, -0.25) is 9.59 Å². The first kappa shape index (κ1) is 16.9. The highest BCUT2D eigenvalue weighted by Gasteiger charge is 2.23.